The zero-order valence-corrected chi connectivity index (χ0v) is 18.3. The van der Waals surface area contributed by atoms with Gasteiger partial charge in [0.1, 0.15) is 12.4 Å². The van der Waals surface area contributed by atoms with Gasteiger partial charge in [-0.3, -0.25) is 0 Å². The number of allylic oxidation sites excluding steroid dienone is 1. The Hall–Kier alpha value is -1.70. The fourth-order valence-electron chi connectivity index (χ4n) is 2.55. The van der Waals surface area contributed by atoms with Gasteiger partial charge in [-0.2, -0.15) is 18.2 Å². The van der Waals surface area contributed by atoms with Crippen molar-refractivity contribution < 1.29 is 42.0 Å². The molecular weight excluding hydrogens is 435 g/mol. The van der Waals surface area contributed by atoms with Crippen LogP contribution in [0.15, 0.2) is 28.5 Å². The van der Waals surface area contributed by atoms with Crippen molar-refractivity contribution in [2.45, 2.75) is 38.1 Å². The summed E-state index contributed by atoms with van der Waals surface area (Å²) in [6.07, 6.45) is -1.46. The highest BCUT2D eigenvalue weighted by molar-refractivity contribution is 5.89. The number of nitrogens with two attached hydrogens (primary N) is 2. The number of aliphatic imine (C=N–C) groups is 1. The third-order valence-electron chi connectivity index (χ3n) is 4.29. The monoisotopic (exact) mass is 469 g/mol. The van der Waals surface area contributed by atoms with Crippen LogP contribution in [-0.2, 0) is 23.7 Å². The Morgan fingerprint density at radius 3 is 2.53 bits per heavy atom. The van der Waals surface area contributed by atoms with Crippen molar-refractivity contribution in [3.63, 3.8) is 0 Å². The molecule has 1 fully saturated rings. The molecule has 5 N–H and O–H groups in total. The largest absolute Gasteiger partial charge is 0.475 e. The molecule has 0 aromatic heterocycles. The van der Waals surface area contributed by atoms with Gasteiger partial charge >= 0.3 is 6.18 Å². The number of halogens is 3. The van der Waals surface area contributed by atoms with Crippen LogP contribution in [0.3, 0.4) is 0 Å². The average Bonchev–Trinajstić information content (AvgIpc) is 2.75. The molecule has 1 aliphatic rings. The van der Waals surface area contributed by atoms with Gasteiger partial charge in [0.25, 0.3) is 0 Å². The standard InChI is InChI=1S/C20H34F3N3O6/c1-15(20(21,22)23)12-19(32-11-10-29-9-8-28-7-4-24)26-18(25)3-6-30-16-2-5-31-17(13-16)14-27/h3,12,16-17,27H,2,4-11,13-14,24-25H2,1H3/b15-12+,18-3+,26-19+. The number of nitrogens with zero attached hydrogens (tertiary/aromatic N) is 1. The van der Waals surface area contributed by atoms with Crippen LogP contribution >= 0.6 is 0 Å². The molecule has 0 radical (unpaired) electrons. The minimum Gasteiger partial charge on any atom is -0.475 e. The van der Waals surface area contributed by atoms with E-state index >= 15 is 0 Å². The highest BCUT2D eigenvalue weighted by atomic mass is 19.4. The molecule has 9 nitrogen and oxygen atoms in total. The normalized spacial score (nSPS) is 21.1. The second kappa shape index (κ2) is 16.0. The number of alkyl halides is 3. The van der Waals surface area contributed by atoms with Crippen molar-refractivity contribution >= 4 is 5.90 Å². The van der Waals surface area contributed by atoms with Gasteiger partial charge in [-0.25, -0.2) is 0 Å². The first-order valence-corrected chi connectivity index (χ1v) is 10.4. The van der Waals surface area contributed by atoms with E-state index < -0.39 is 11.7 Å². The van der Waals surface area contributed by atoms with Crippen LogP contribution in [0.4, 0.5) is 13.2 Å². The summed E-state index contributed by atoms with van der Waals surface area (Å²) >= 11 is 0. The summed E-state index contributed by atoms with van der Waals surface area (Å²) in [6.45, 7) is 3.01. The second-order valence-electron chi connectivity index (χ2n) is 6.92. The summed E-state index contributed by atoms with van der Waals surface area (Å²) in [5.74, 6) is -0.337. The Kier molecular flexibility index (Phi) is 14.2. The Morgan fingerprint density at radius 2 is 1.88 bits per heavy atom. The Bertz CT molecular complexity index is 614. The van der Waals surface area contributed by atoms with Crippen molar-refractivity contribution in [2.24, 2.45) is 16.5 Å². The van der Waals surface area contributed by atoms with Crippen LogP contribution < -0.4 is 11.5 Å². The summed E-state index contributed by atoms with van der Waals surface area (Å²) in [7, 11) is 0. The maximum atomic E-state index is 12.9. The molecule has 1 saturated heterocycles. The maximum Gasteiger partial charge on any atom is 0.412 e. The Morgan fingerprint density at radius 1 is 1.19 bits per heavy atom. The number of aliphatic hydroxyl groups is 1. The summed E-state index contributed by atoms with van der Waals surface area (Å²) in [5.41, 5.74) is 10.2. The van der Waals surface area contributed by atoms with E-state index in [-0.39, 0.29) is 50.4 Å². The summed E-state index contributed by atoms with van der Waals surface area (Å²) in [4.78, 5) is 3.92. The molecule has 1 aliphatic heterocycles. The SMILES string of the molecule is C\C(=C/C(=N\C(N)=C\COC1CCOC(CO)C1)OCCOCCOCCN)C(F)(F)F. The highest BCUT2D eigenvalue weighted by Crippen LogP contribution is 2.25. The first-order valence-electron chi connectivity index (χ1n) is 10.4. The zero-order valence-electron chi connectivity index (χ0n) is 18.3. The van der Waals surface area contributed by atoms with Gasteiger partial charge in [-0.15, -0.1) is 0 Å². The Labute approximate surface area is 186 Å². The molecule has 0 aliphatic carbocycles. The number of rotatable bonds is 14. The highest BCUT2D eigenvalue weighted by Gasteiger charge is 2.30. The third kappa shape index (κ3) is 13.0. The smallest absolute Gasteiger partial charge is 0.412 e. The molecule has 2 atom stereocenters. The van der Waals surface area contributed by atoms with Gasteiger partial charge in [-0.05, 0) is 19.4 Å². The van der Waals surface area contributed by atoms with Crippen molar-refractivity contribution in [3.05, 3.63) is 23.5 Å². The molecule has 0 amide bonds. The van der Waals surface area contributed by atoms with Crippen molar-refractivity contribution in [3.8, 4) is 0 Å². The lowest BCUT2D eigenvalue weighted by Crippen LogP contribution is -2.33. The van der Waals surface area contributed by atoms with Gasteiger partial charge in [0, 0.05) is 31.2 Å². The minimum atomic E-state index is -4.52. The van der Waals surface area contributed by atoms with Gasteiger partial charge in [0.15, 0.2) is 0 Å². The molecule has 0 spiro atoms. The first kappa shape index (κ1) is 28.3. The molecule has 1 rings (SSSR count). The number of aliphatic hydroxyl groups excluding tert-OH is 1. The summed E-state index contributed by atoms with van der Waals surface area (Å²) in [5, 5.41) is 9.15. The summed E-state index contributed by atoms with van der Waals surface area (Å²) in [6, 6.07) is 0. The topological polar surface area (TPSA) is 131 Å². The molecule has 0 aromatic carbocycles. The van der Waals surface area contributed by atoms with Crippen molar-refractivity contribution in [2.75, 3.05) is 59.4 Å². The van der Waals surface area contributed by atoms with E-state index in [1.54, 1.807) is 0 Å². The van der Waals surface area contributed by atoms with E-state index in [2.05, 4.69) is 4.99 Å². The average molecular weight is 470 g/mol. The number of ether oxygens (including phenoxy) is 5. The van der Waals surface area contributed by atoms with E-state index in [0.29, 0.717) is 45.8 Å². The van der Waals surface area contributed by atoms with Gasteiger partial charge < -0.3 is 40.3 Å². The molecule has 32 heavy (non-hydrogen) atoms. The van der Waals surface area contributed by atoms with Gasteiger partial charge in [0.2, 0.25) is 5.90 Å². The Balaban J connectivity index is 2.58. The molecular formula is C20H34F3N3O6. The van der Waals surface area contributed by atoms with Crippen LogP contribution in [0.25, 0.3) is 0 Å². The van der Waals surface area contributed by atoms with Gasteiger partial charge in [-0.1, -0.05) is 0 Å². The first-order chi connectivity index (χ1) is 15.3. The minimum absolute atomic E-state index is 0.0221. The van der Waals surface area contributed by atoms with Crippen LogP contribution in [0.1, 0.15) is 19.8 Å². The molecule has 0 aromatic rings. The van der Waals surface area contributed by atoms with Crippen LogP contribution in [0, 0.1) is 0 Å². The van der Waals surface area contributed by atoms with Crippen LogP contribution in [0.2, 0.25) is 0 Å². The van der Waals surface area contributed by atoms with Crippen molar-refractivity contribution in [1.82, 2.24) is 0 Å². The van der Waals surface area contributed by atoms with E-state index in [1.165, 1.54) is 6.08 Å². The number of hydrogen-bond acceptors (Lipinski definition) is 9. The van der Waals surface area contributed by atoms with Crippen LogP contribution in [0.5, 0.6) is 0 Å². The van der Waals surface area contributed by atoms with E-state index in [4.69, 9.17) is 40.3 Å². The van der Waals surface area contributed by atoms with Crippen LogP contribution in [-0.4, -0.2) is 88.8 Å². The van der Waals surface area contributed by atoms with E-state index in [9.17, 15) is 13.2 Å². The lowest BCUT2D eigenvalue weighted by Gasteiger charge is -2.28. The molecule has 186 valence electrons. The lowest BCUT2D eigenvalue weighted by molar-refractivity contribution is -0.0913. The fourth-order valence-corrected chi connectivity index (χ4v) is 2.55. The fraction of sp³-hybridized carbons (Fsp3) is 0.750. The van der Waals surface area contributed by atoms with Crippen molar-refractivity contribution in [1.29, 1.82) is 0 Å². The molecule has 1 heterocycles. The lowest BCUT2D eigenvalue weighted by atomic mass is 10.1. The molecule has 0 bridgehead atoms. The quantitative estimate of drug-likeness (QED) is 0.197. The maximum absolute atomic E-state index is 12.9. The third-order valence-corrected chi connectivity index (χ3v) is 4.29. The predicted octanol–water partition coefficient (Wildman–Crippen LogP) is 1.26. The molecule has 12 heteroatoms. The number of hydrogen-bond donors (Lipinski definition) is 3. The molecule has 2 unspecified atom stereocenters. The predicted molar refractivity (Wildman–Crippen MR) is 112 cm³/mol. The molecule has 0 saturated carbocycles. The zero-order chi connectivity index (χ0) is 23.8. The van der Waals surface area contributed by atoms with E-state index in [0.717, 1.165) is 13.0 Å². The van der Waals surface area contributed by atoms with E-state index in [1.807, 2.05) is 0 Å². The van der Waals surface area contributed by atoms with Gasteiger partial charge in [0.05, 0.1) is 51.8 Å². The second-order valence-corrected chi connectivity index (χ2v) is 6.92. The summed E-state index contributed by atoms with van der Waals surface area (Å²) < 4.78 is 65.4.